The van der Waals surface area contributed by atoms with E-state index < -0.39 is 0 Å². The Morgan fingerprint density at radius 2 is 1.97 bits per heavy atom. The van der Waals surface area contributed by atoms with Gasteiger partial charge in [0.15, 0.2) is 0 Å². The zero-order chi connectivity index (χ0) is 20.2. The number of piperidine rings is 1. The summed E-state index contributed by atoms with van der Waals surface area (Å²) >= 11 is 0. The van der Waals surface area contributed by atoms with E-state index in [1.165, 1.54) is 0 Å². The summed E-state index contributed by atoms with van der Waals surface area (Å²) in [6.07, 6.45) is 5.14. The quantitative estimate of drug-likeness (QED) is 0.660. The molecule has 4 rings (SSSR count). The van der Waals surface area contributed by atoms with Gasteiger partial charge in [-0.1, -0.05) is 22.3 Å². The molecule has 7 nitrogen and oxygen atoms in total. The van der Waals surface area contributed by atoms with E-state index in [9.17, 15) is 4.79 Å². The molecule has 0 N–H and O–H groups in total. The van der Waals surface area contributed by atoms with Crippen molar-refractivity contribution < 1.29 is 14.1 Å². The van der Waals surface area contributed by atoms with Gasteiger partial charge >= 0.3 is 0 Å². The summed E-state index contributed by atoms with van der Waals surface area (Å²) in [5.41, 5.74) is 3.78. The van der Waals surface area contributed by atoms with Crippen molar-refractivity contribution in [3.05, 3.63) is 65.3 Å². The van der Waals surface area contributed by atoms with E-state index in [2.05, 4.69) is 21.2 Å². The summed E-state index contributed by atoms with van der Waals surface area (Å²) in [7, 11) is 0. The van der Waals surface area contributed by atoms with E-state index in [0.29, 0.717) is 18.3 Å². The highest BCUT2D eigenvalue weighted by molar-refractivity contribution is 5.94. The zero-order valence-corrected chi connectivity index (χ0v) is 16.7. The number of carbonyl (C=O) groups is 1. The minimum Gasteiger partial charge on any atom is -0.367 e. The van der Waals surface area contributed by atoms with Gasteiger partial charge in [-0.05, 0) is 51.0 Å². The Morgan fingerprint density at radius 3 is 2.72 bits per heavy atom. The first-order valence-electron chi connectivity index (χ1n) is 9.80. The van der Waals surface area contributed by atoms with Crippen molar-refractivity contribution in [2.24, 2.45) is 0 Å². The van der Waals surface area contributed by atoms with E-state index in [-0.39, 0.29) is 18.6 Å². The van der Waals surface area contributed by atoms with Crippen molar-refractivity contribution in [3.8, 4) is 11.4 Å². The summed E-state index contributed by atoms with van der Waals surface area (Å²) < 4.78 is 11.3. The number of rotatable bonds is 5. The number of hydrogen-bond acceptors (Lipinski definition) is 6. The third kappa shape index (κ3) is 4.68. The first kappa shape index (κ1) is 19.3. The van der Waals surface area contributed by atoms with Crippen molar-refractivity contribution in [1.82, 2.24) is 20.0 Å². The van der Waals surface area contributed by atoms with Crippen molar-refractivity contribution in [1.29, 1.82) is 0 Å². The zero-order valence-electron chi connectivity index (χ0n) is 16.7. The highest BCUT2D eigenvalue weighted by atomic mass is 16.5. The lowest BCUT2D eigenvalue weighted by molar-refractivity contribution is -0.0153. The third-order valence-corrected chi connectivity index (χ3v) is 4.98. The Bertz CT molecular complexity index is 966. The minimum absolute atomic E-state index is 0.0464. The van der Waals surface area contributed by atoms with Gasteiger partial charge in [0.25, 0.3) is 11.8 Å². The van der Waals surface area contributed by atoms with Crippen LogP contribution in [-0.4, -0.2) is 45.1 Å². The molecule has 0 saturated carbocycles. The molecule has 0 radical (unpaired) electrons. The van der Waals surface area contributed by atoms with Crippen LogP contribution >= 0.6 is 0 Å². The topological polar surface area (TPSA) is 81.4 Å². The van der Waals surface area contributed by atoms with Crippen LogP contribution < -0.4 is 0 Å². The van der Waals surface area contributed by atoms with Crippen LogP contribution in [0, 0.1) is 13.8 Å². The van der Waals surface area contributed by atoms with E-state index >= 15 is 0 Å². The van der Waals surface area contributed by atoms with Gasteiger partial charge < -0.3 is 14.2 Å². The van der Waals surface area contributed by atoms with Crippen molar-refractivity contribution in [2.75, 3.05) is 13.1 Å². The van der Waals surface area contributed by atoms with Crippen LogP contribution in [0.2, 0.25) is 0 Å². The maximum Gasteiger partial charge on any atom is 0.253 e. The van der Waals surface area contributed by atoms with Crippen molar-refractivity contribution in [2.45, 2.75) is 39.4 Å². The van der Waals surface area contributed by atoms with Gasteiger partial charge in [-0.25, -0.2) is 0 Å². The number of aryl methyl sites for hydroxylation is 2. The van der Waals surface area contributed by atoms with Crippen LogP contribution in [-0.2, 0) is 11.3 Å². The second-order valence-electron chi connectivity index (χ2n) is 7.45. The number of aromatic nitrogens is 3. The average molecular weight is 392 g/mol. The maximum atomic E-state index is 12.9. The molecule has 3 heterocycles. The molecule has 1 fully saturated rings. The van der Waals surface area contributed by atoms with Gasteiger partial charge in [-0.2, -0.15) is 4.98 Å². The summed E-state index contributed by atoms with van der Waals surface area (Å²) in [5.74, 6) is 0.999. The predicted molar refractivity (Wildman–Crippen MR) is 107 cm³/mol. The standard InChI is InChI=1S/C22H24N4O3/c1-15-10-16(2)12-18(11-15)22(27)26-9-3-4-19(13-26)28-14-20-24-21(25-29-20)17-5-7-23-8-6-17/h5-8,10-12,19H,3-4,9,13-14H2,1-2H3. The number of nitrogens with zero attached hydrogens (tertiary/aromatic N) is 4. The molecule has 1 unspecified atom stereocenters. The lowest BCUT2D eigenvalue weighted by Crippen LogP contribution is -2.43. The van der Waals surface area contributed by atoms with E-state index in [1.54, 1.807) is 12.4 Å². The number of amides is 1. The fraction of sp³-hybridized carbons (Fsp3) is 0.364. The molecule has 0 aliphatic carbocycles. The lowest BCUT2D eigenvalue weighted by Gasteiger charge is -2.32. The smallest absolute Gasteiger partial charge is 0.253 e. The highest BCUT2D eigenvalue weighted by Gasteiger charge is 2.25. The second-order valence-corrected chi connectivity index (χ2v) is 7.45. The Balaban J connectivity index is 1.35. The first-order chi connectivity index (χ1) is 14.1. The third-order valence-electron chi connectivity index (χ3n) is 4.98. The number of carbonyl (C=O) groups excluding carboxylic acids is 1. The average Bonchev–Trinajstić information content (AvgIpc) is 3.21. The number of benzene rings is 1. The molecule has 0 spiro atoms. The number of hydrogen-bond donors (Lipinski definition) is 0. The molecule has 3 aromatic rings. The van der Waals surface area contributed by atoms with Gasteiger partial charge in [0.1, 0.15) is 6.61 Å². The molecule has 1 atom stereocenters. The van der Waals surface area contributed by atoms with Crippen LogP contribution in [0.15, 0.2) is 47.2 Å². The molecule has 2 aromatic heterocycles. The number of likely N-dealkylation sites (tertiary alicyclic amines) is 1. The van der Waals surface area contributed by atoms with Crippen molar-refractivity contribution in [3.63, 3.8) is 0 Å². The van der Waals surface area contributed by atoms with Gasteiger partial charge in [0, 0.05) is 36.6 Å². The monoisotopic (exact) mass is 392 g/mol. The Hall–Kier alpha value is -3.06. The molecule has 1 aliphatic rings. The minimum atomic E-state index is -0.0464. The summed E-state index contributed by atoms with van der Waals surface area (Å²) in [6.45, 7) is 5.57. The van der Waals surface area contributed by atoms with Crippen molar-refractivity contribution >= 4 is 5.91 Å². The molecule has 29 heavy (non-hydrogen) atoms. The summed E-state index contributed by atoms with van der Waals surface area (Å²) in [4.78, 5) is 23.1. The molecule has 1 aromatic carbocycles. The Labute approximate surface area is 169 Å². The van der Waals surface area contributed by atoms with Crippen LogP contribution in [0.5, 0.6) is 0 Å². The van der Waals surface area contributed by atoms with Crippen LogP contribution in [0.3, 0.4) is 0 Å². The molecular weight excluding hydrogens is 368 g/mol. The van der Waals surface area contributed by atoms with E-state index in [0.717, 1.165) is 41.6 Å². The van der Waals surface area contributed by atoms with Crippen LogP contribution in [0.25, 0.3) is 11.4 Å². The summed E-state index contributed by atoms with van der Waals surface area (Å²) in [5, 5.41) is 3.99. The van der Waals surface area contributed by atoms with E-state index in [1.807, 2.05) is 43.0 Å². The second kappa shape index (κ2) is 8.53. The number of ether oxygens (including phenoxy) is 1. The lowest BCUT2D eigenvalue weighted by atomic mass is 10.0. The molecule has 7 heteroatoms. The molecule has 0 bridgehead atoms. The van der Waals surface area contributed by atoms with Gasteiger partial charge in [0.2, 0.25) is 5.82 Å². The molecule has 1 saturated heterocycles. The fourth-order valence-corrected chi connectivity index (χ4v) is 3.66. The molecular formula is C22H24N4O3. The number of pyridine rings is 1. The van der Waals surface area contributed by atoms with Crippen LogP contribution in [0.1, 0.15) is 40.2 Å². The molecule has 1 aliphatic heterocycles. The summed E-state index contributed by atoms with van der Waals surface area (Å²) in [6, 6.07) is 9.61. The predicted octanol–water partition coefficient (Wildman–Crippen LogP) is 3.57. The molecule has 1 amide bonds. The van der Waals surface area contributed by atoms with Gasteiger partial charge in [-0.3, -0.25) is 9.78 Å². The van der Waals surface area contributed by atoms with Gasteiger partial charge in [0.05, 0.1) is 6.10 Å². The van der Waals surface area contributed by atoms with E-state index in [4.69, 9.17) is 9.26 Å². The maximum absolute atomic E-state index is 12.9. The van der Waals surface area contributed by atoms with Gasteiger partial charge in [-0.15, -0.1) is 0 Å². The molecule has 150 valence electrons. The normalized spacial score (nSPS) is 16.8. The first-order valence-corrected chi connectivity index (χ1v) is 9.80. The van der Waals surface area contributed by atoms with Crippen LogP contribution in [0.4, 0.5) is 0 Å². The Morgan fingerprint density at radius 1 is 1.21 bits per heavy atom. The highest BCUT2D eigenvalue weighted by Crippen LogP contribution is 2.20. The SMILES string of the molecule is Cc1cc(C)cc(C(=O)N2CCCC(OCc3nc(-c4ccncc4)no3)C2)c1. The fourth-order valence-electron chi connectivity index (χ4n) is 3.66. The largest absolute Gasteiger partial charge is 0.367 e. The Kier molecular flexibility index (Phi) is 5.67.